The van der Waals surface area contributed by atoms with Crippen molar-refractivity contribution in [2.75, 3.05) is 0 Å². The summed E-state index contributed by atoms with van der Waals surface area (Å²) in [6.07, 6.45) is 6.81. The van der Waals surface area contributed by atoms with Crippen molar-refractivity contribution in [1.82, 2.24) is 9.78 Å². The molecule has 0 unspecified atom stereocenters. The summed E-state index contributed by atoms with van der Waals surface area (Å²) in [6, 6.07) is 4.66. The molecule has 0 aromatic carbocycles. The van der Waals surface area contributed by atoms with E-state index in [-0.39, 0.29) is 5.41 Å². The van der Waals surface area contributed by atoms with E-state index in [2.05, 4.69) is 43.8 Å². The first-order chi connectivity index (χ1) is 6.04. The third-order valence-electron chi connectivity index (χ3n) is 1.60. The molecule has 0 radical (unpaired) electrons. The Labute approximate surface area is 79.0 Å². The molecular weight excluding hydrogens is 160 g/mol. The van der Waals surface area contributed by atoms with Crippen LogP contribution >= 0.6 is 0 Å². The summed E-state index contributed by atoms with van der Waals surface area (Å²) in [5, 5.41) is 4.27. The highest BCUT2D eigenvalue weighted by Gasteiger charge is 2.16. The first-order valence-corrected chi connectivity index (χ1v) is 4.07. The average molecular weight is 172 g/mol. The van der Waals surface area contributed by atoms with Crippen molar-refractivity contribution in [1.29, 1.82) is 0 Å². The zero-order valence-corrected chi connectivity index (χ0v) is 8.13. The molecule has 1 aromatic rings. The topological polar surface area (TPSA) is 17.8 Å². The number of rotatable bonds is 0. The average Bonchev–Trinajstić information content (AvgIpc) is 2.47. The van der Waals surface area contributed by atoms with Crippen LogP contribution in [0.25, 0.3) is 0 Å². The van der Waals surface area contributed by atoms with E-state index in [1.165, 1.54) is 0 Å². The first kappa shape index (κ1) is 9.42. The molecule has 0 aliphatic heterocycles. The van der Waals surface area contributed by atoms with Gasteiger partial charge in [-0.2, -0.15) is 9.78 Å². The van der Waals surface area contributed by atoms with Crippen molar-refractivity contribution in [3.8, 4) is 24.3 Å². The molecule has 0 saturated heterocycles. The van der Waals surface area contributed by atoms with Crippen molar-refractivity contribution >= 4 is 0 Å². The zero-order chi connectivity index (χ0) is 9.90. The van der Waals surface area contributed by atoms with Crippen LogP contribution in [0.4, 0.5) is 0 Å². The van der Waals surface area contributed by atoms with Crippen LogP contribution in [0.5, 0.6) is 0 Å². The summed E-state index contributed by atoms with van der Waals surface area (Å²) in [7, 11) is 0. The molecule has 1 aromatic heterocycles. The number of aromatic nitrogens is 2. The van der Waals surface area contributed by atoms with Gasteiger partial charge in [0.05, 0.1) is 5.69 Å². The van der Waals surface area contributed by atoms with Crippen LogP contribution < -0.4 is 0 Å². The fourth-order valence-electron chi connectivity index (χ4n) is 0.876. The van der Waals surface area contributed by atoms with Gasteiger partial charge < -0.3 is 0 Å². The highest BCUT2D eigenvalue weighted by atomic mass is 15.3. The Morgan fingerprint density at radius 2 is 2.15 bits per heavy atom. The molecule has 0 saturated carbocycles. The van der Waals surface area contributed by atoms with Crippen molar-refractivity contribution in [3.05, 3.63) is 18.0 Å². The second-order valence-corrected chi connectivity index (χ2v) is 3.78. The third-order valence-corrected chi connectivity index (χ3v) is 1.60. The van der Waals surface area contributed by atoms with Gasteiger partial charge in [0.15, 0.2) is 0 Å². The van der Waals surface area contributed by atoms with Gasteiger partial charge in [0.1, 0.15) is 0 Å². The second-order valence-electron chi connectivity index (χ2n) is 3.78. The van der Waals surface area contributed by atoms with E-state index < -0.39 is 0 Å². The van der Waals surface area contributed by atoms with Crippen LogP contribution in [-0.2, 0) is 5.41 Å². The van der Waals surface area contributed by atoms with Gasteiger partial charge in [0, 0.05) is 23.6 Å². The quantitative estimate of drug-likeness (QED) is 0.544. The highest BCUT2D eigenvalue weighted by molar-refractivity contribution is 5.23. The third kappa shape index (κ3) is 2.39. The van der Waals surface area contributed by atoms with E-state index in [1.54, 1.807) is 4.68 Å². The summed E-state index contributed by atoms with van der Waals surface area (Å²) in [4.78, 5) is 0. The van der Waals surface area contributed by atoms with Crippen LogP contribution in [0.1, 0.15) is 26.5 Å². The van der Waals surface area contributed by atoms with Gasteiger partial charge in [-0.1, -0.05) is 20.8 Å². The molecule has 0 aliphatic carbocycles. The number of hydrogen-bond acceptors (Lipinski definition) is 1. The molecule has 0 amide bonds. The molecular formula is C11H12N2. The number of terminal acetylenes is 1. The van der Waals surface area contributed by atoms with Gasteiger partial charge in [-0.25, -0.2) is 0 Å². The predicted octanol–water partition coefficient (Wildman–Crippen LogP) is 1.62. The fraction of sp³-hybridized carbons (Fsp3) is 0.364. The largest absolute Gasteiger partial charge is 0.196 e. The standard InChI is InChI=1S/C11H12N2/c1-5-6-8-13-9-7-10(12-13)11(2,3)4/h1,7,9H,2-4H3. The Kier molecular flexibility index (Phi) is 2.44. The van der Waals surface area contributed by atoms with Crippen molar-refractivity contribution in [3.63, 3.8) is 0 Å². The summed E-state index contributed by atoms with van der Waals surface area (Å²) in [5.41, 5.74) is 1.07. The molecule has 0 atom stereocenters. The summed E-state index contributed by atoms with van der Waals surface area (Å²) >= 11 is 0. The van der Waals surface area contributed by atoms with E-state index in [4.69, 9.17) is 6.42 Å². The van der Waals surface area contributed by atoms with Gasteiger partial charge in [-0.15, -0.1) is 6.42 Å². The van der Waals surface area contributed by atoms with Crippen LogP contribution in [0.15, 0.2) is 12.3 Å². The molecule has 1 heterocycles. The van der Waals surface area contributed by atoms with E-state index in [9.17, 15) is 0 Å². The first-order valence-electron chi connectivity index (χ1n) is 4.07. The van der Waals surface area contributed by atoms with Crippen molar-refractivity contribution in [2.24, 2.45) is 0 Å². The Bertz CT molecular complexity index is 388. The van der Waals surface area contributed by atoms with E-state index in [0.29, 0.717) is 0 Å². The maximum Gasteiger partial charge on any atom is 0.0689 e. The van der Waals surface area contributed by atoms with Crippen LogP contribution in [0.3, 0.4) is 0 Å². The molecule has 0 spiro atoms. The molecule has 1 rings (SSSR count). The Hall–Kier alpha value is -1.67. The molecule has 2 heteroatoms. The Morgan fingerprint density at radius 3 is 2.62 bits per heavy atom. The molecule has 2 nitrogen and oxygen atoms in total. The molecule has 0 aliphatic rings. The van der Waals surface area contributed by atoms with Gasteiger partial charge in [-0.05, 0) is 12.0 Å². The lowest BCUT2D eigenvalue weighted by molar-refractivity contribution is 0.561. The van der Waals surface area contributed by atoms with E-state index in [0.717, 1.165) is 5.69 Å². The molecule has 13 heavy (non-hydrogen) atoms. The summed E-state index contributed by atoms with van der Waals surface area (Å²) in [6.45, 7) is 6.32. The van der Waals surface area contributed by atoms with Gasteiger partial charge in [-0.3, -0.25) is 0 Å². The highest BCUT2D eigenvalue weighted by Crippen LogP contribution is 2.18. The molecule has 0 bridgehead atoms. The predicted molar refractivity (Wildman–Crippen MR) is 52.9 cm³/mol. The van der Waals surface area contributed by atoms with Crippen molar-refractivity contribution < 1.29 is 0 Å². The SMILES string of the molecule is C#CC#Cn1ccc(C(C)(C)C)n1. The second kappa shape index (κ2) is 3.37. The maximum absolute atomic E-state index is 5.00. The van der Waals surface area contributed by atoms with Crippen LogP contribution in [0, 0.1) is 24.3 Å². The van der Waals surface area contributed by atoms with Gasteiger partial charge >= 0.3 is 0 Å². The lowest BCUT2D eigenvalue weighted by Crippen LogP contribution is -2.12. The number of nitrogens with zero attached hydrogens (tertiary/aromatic N) is 2. The number of hydrogen-bond donors (Lipinski definition) is 0. The summed E-state index contributed by atoms with van der Waals surface area (Å²) < 4.78 is 1.54. The van der Waals surface area contributed by atoms with Gasteiger partial charge in [0.25, 0.3) is 0 Å². The van der Waals surface area contributed by atoms with E-state index in [1.807, 2.05) is 12.3 Å². The lowest BCUT2D eigenvalue weighted by Gasteiger charge is -2.13. The minimum atomic E-state index is 0.0586. The monoisotopic (exact) mass is 172 g/mol. The summed E-state index contributed by atoms with van der Waals surface area (Å²) in [5.74, 6) is 4.75. The molecule has 0 fully saturated rings. The lowest BCUT2D eigenvalue weighted by atomic mass is 9.93. The smallest absolute Gasteiger partial charge is 0.0689 e. The maximum atomic E-state index is 5.00. The minimum absolute atomic E-state index is 0.0586. The fourth-order valence-corrected chi connectivity index (χ4v) is 0.876. The van der Waals surface area contributed by atoms with Crippen molar-refractivity contribution in [2.45, 2.75) is 26.2 Å². The molecule has 0 N–H and O–H groups in total. The zero-order valence-electron chi connectivity index (χ0n) is 8.13. The Morgan fingerprint density at radius 1 is 1.46 bits per heavy atom. The van der Waals surface area contributed by atoms with Gasteiger partial charge in [0.2, 0.25) is 0 Å². The van der Waals surface area contributed by atoms with E-state index >= 15 is 0 Å². The van der Waals surface area contributed by atoms with Crippen LogP contribution in [0.2, 0.25) is 0 Å². The Balaban J connectivity index is 2.95. The minimum Gasteiger partial charge on any atom is -0.196 e. The van der Waals surface area contributed by atoms with Crippen LogP contribution in [-0.4, -0.2) is 9.78 Å². The normalized spacial score (nSPS) is 10.0. The molecule has 66 valence electrons.